The van der Waals surface area contributed by atoms with E-state index in [9.17, 15) is 22.4 Å². The Hall–Kier alpha value is -1.39. The van der Waals surface area contributed by atoms with Gasteiger partial charge in [-0.2, -0.15) is 13.2 Å². The normalized spacial score (nSPS) is 11.6. The van der Waals surface area contributed by atoms with E-state index in [-0.39, 0.29) is 5.56 Å². The van der Waals surface area contributed by atoms with Crippen molar-refractivity contribution in [3.63, 3.8) is 0 Å². The highest BCUT2D eigenvalue weighted by Gasteiger charge is 2.40. The van der Waals surface area contributed by atoms with E-state index in [1.165, 1.54) is 13.0 Å². The summed E-state index contributed by atoms with van der Waals surface area (Å²) in [4.78, 5) is 10.8. The van der Waals surface area contributed by atoms with Gasteiger partial charge in [0.25, 0.3) is 5.78 Å². The molecule has 0 radical (unpaired) electrons. The van der Waals surface area contributed by atoms with Crippen LogP contribution in [0, 0.1) is 19.7 Å². The molecule has 0 saturated heterocycles. The van der Waals surface area contributed by atoms with Crippen molar-refractivity contribution in [3.8, 4) is 0 Å². The highest BCUT2D eigenvalue weighted by molar-refractivity contribution is 6.00. The van der Waals surface area contributed by atoms with Crippen molar-refractivity contribution in [1.29, 1.82) is 0 Å². The molecular weight excluding hydrogens is 212 g/mol. The highest BCUT2D eigenvalue weighted by atomic mass is 19.4. The van der Waals surface area contributed by atoms with Crippen LogP contribution < -0.4 is 0 Å². The lowest BCUT2D eigenvalue weighted by atomic mass is 10.0. The van der Waals surface area contributed by atoms with E-state index in [0.29, 0.717) is 5.56 Å². The Balaban J connectivity index is 3.29. The zero-order valence-corrected chi connectivity index (χ0v) is 8.07. The third kappa shape index (κ3) is 2.16. The van der Waals surface area contributed by atoms with Gasteiger partial charge in [0.1, 0.15) is 5.82 Å². The van der Waals surface area contributed by atoms with Gasteiger partial charge in [0.15, 0.2) is 0 Å². The lowest BCUT2D eigenvalue weighted by Crippen LogP contribution is -2.24. The van der Waals surface area contributed by atoms with Gasteiger partial charge in [-0.1, -0.05) is 6.07 Å². The molecule has 1 aromatic rings. The Morgan fingerprint density at radius 1 is 1.20 bits per heavy atom. The molecule has 0 aliphatic heterocycles. The SMILES string of the molecule is Cc1ccc(C(=O)C(F)(F)F)c(F)c1C. The van der Waals surface area contributed by atoms with Gasteiger partial charge in [0.2, 0.25) is 0 Å². The summed E-state index contributed by atoms with van der Waals surface area (Å²) in [6.45, 7) is 2.89. The third-order valence-electron chi connectivity index (χ3n) is 2.16. The molecule has 82 valence electrons. The standard InChI is InChI=1S/C10H8F4O/c1-5-3-4-7(8(11)6(5)2)9(15)10(12,13)14/h3-4H,1-2H3. The third-order valence-corrected chi connectivity index (χ3v) is 2.16. The molecule has 1 nitrogen and oxygen atoms in total. The number of benzene rings is 1. The van der Waals surface area contributed by atoms with Crippen LogP contribution in [-0.2, 0) is 0 Å². The van der Waals surface area contributed by atoms with Crippen LogP contribution >= 0.6 is 0 Å². The summed E-state index contributed by atoms with van der Waals surface area (Å²) in [7, 11) is 0. The molecule has 0 spiro atoms. The topological polar surface area (TPSA) is 17.1 Å². The number of alkyl halides is 3. The molecule has 0 saturated carbocycles. The molecule has 0 bridgehead atoms. The first-order valence-corrected chi connectivity index (χ1v) is 4.12. The first-order chi connectivity index (χ1) is 6.75. The van der Waals surface area contributed by atoms with E-state index < -0.39 is 23.3 Å². The summed E-state index contributed by atoms with van der Waals surface area (Å²) < 4.78 is 49.4. The summed E-state index contributed by atoms with van der Waals surface area (Å²) in [6, 6.07) is 2.14. The van der Waals surface area contributed by atoms with Crippen LogP contribution in [0.25, 0.3) is 0 Å². The van der Waals surface area contributed by atoms with Crippen molar-refractivity contribution >= 4 is 5.78 Å². The molecule has 0 fully saturated rings. The van der Waals surface area contributed by atoms with Crippen molar-refractivity contribution in [2.45, 2.75) is 20.0 Å². The predicted octanol–water partition coefficient (Wildman–Crippen LogP) is 3.19. The zero-order valence-electron chi connectivity index (χ0n) is 8.07. The van der Waals surface area contributed by atoms with Crippen molar-refractivity contribution in [2.75, 3.05) is 0 Å². The second-order valence-electron chi connectivity index (χ2n) is 3.20. The lowest BCUT2D eigenvalue weighted by Gasteiger charge is -2.09. The molecule has 0 unspecified atom stereocenters. The molecule has 0 atom stereocenters. The Kier molecular flexibility index (Phi) is 2.83. The van der Waals surface area contributed by atoms with Gasteiger partial charge >= 0.3 is 6.18 Å². The Morgan fingerprint density at radius 2 is 1.73 bits per heavy atom. The molecule has 5 heteroatoms. The minimum atomic E-state index is -5.04. The van der Waals surface area contributed by atoms with E-state index >= 15 is 0 Å². The summed E-state index contributed by atoms with van der Waals surface area (Å²) in [6.07, 6.45) is -5.04. The number of hydrogen-bond donors (Lipinski definition) is 0. The molecule has 0 aliphatic rings. The van der Waals surface area contributed by atoms with Crippen LogP contribution in [0.5, 0.6) is 0 Å². The lowest BCUT2D eigenvalue weighted by molar-refractivity contribution is -0.0887. The molecule has 15 heavy (non-hydrogen) atoms. The number of aryl methyl sites for hydroxylation is 1. The van der Waals surface area contributed by atoms with E-state index in [1.807, 2.05) is 0 Å². The van der Waals surface area contributed by atoms with Crippen molar-refractivity contribution in [1.82, 2.24) is 0 Å². The average Bonchev–Trinajstić information content (AvgIpc) is 2.12. The second kappa shape index (κ2) is 3.64. The molecule has 0 amide bonds. The van der Waals surface area contributed by atoms with E-state index in [0.717, 1.165) is 6.07 Å². The van der Waals surface area contributed by atoms with Crippen LogP contribution in [0.2, 0.25) is 0 Å². The molecular formula is C10H8F4O. The number of hydrogen-bond acceptors (Lipinski definition) is 1. The first kappa shape index (κ1) is 11.7. The van der Waals surface area contributed by atoms with Gasteiger partial charge < -0.3 is 0 Å². The maximum atomic E-state index is 13.3. The quantitative estimate of drug-likeness (QED) is 0.524. The summed E-state index contributed by atoms with van der Waals surface area (Å²) in [5, 5.41) is 0. The van der Waals surface area contributed by atoms with Crippen molar-refractivity contribution < 1.29 is 22.4 Å². The van der Waals surface area contributed by atoms with Crippen LogP contribution in [0.3, 0.4) is 0 Å². The van der Waals surface area contributed by atoms with E-state index in [4.69, 9.17) is 0 Å². The van der Waals surface area contributed by atoms with Gasteiger partial charge in [-0.05, 0) is 31.0 Å². The summed E-state index contributed by atoms with van der Waals surface area (Å²) in [5.41, 5.74) is -0.359. The smallest absolute Gasteiger partial charge is 0.284 e. The van der Waals surface area contributed by atoms with Crippen molar-refractivity contribution in [2.24, 2.45) is 0 Å². The van der Waals surface area contributed by atoms with Gasteiger partial charge in [0.05, 0.1) is 5.56 Å². The number of Topliss-reactive ketones (excluding diaryl/α,β-unsaturated/α-hetero) is 1. The van der Waals surface area contributed by atoms with Crippen LogP contribution in [0.4, 0.5) is 17.6 Å². The van der Waals surface area contributed by atoms with Gasteiger partial charge in [-0.3, -0.25) is 4.79 Å². The number of rotatable bonds is 1. The Labute approximate surface area is 83.7 Å². The van der Waals surface area contributed by atoms with Gasteiger partial charge in [-0.25, -0.2) is 4.39 Å². The number of carbonyl (C=O) groups is 1. The van der Waals surface area contributed by atoms with Crippen LogP contribution in [0.15, 0.2) is 12.1 Å². The molecule has 0 aliphatic carbocycles. The molecule has 1 aromatic carbocycles. The minimum Gasteiger partial charge on any atom is -0.284 e. The van der Waals surface area contributed by atoms with E-state index in [1.54, 1.807) is 6.92 Å². The maximum Gasteiger partial charge on any atom is 0.454 e. The Morgan fingerprint density at radius 3 is 2.20 bits per heavy atom. The minimum absolute atomic E-state index is 0.0603. The highest BCUT2D eigenvalue weighted by Crippen LogP contribution is 2.25. The fourth-order valence-electron chi connectivity index (χ4n) is 1.11. The summed E-state index contributed by atoms with van der Waals surface area (Å²) in [5.74, 6) is -3.25. The predicted molar refractivity (Wildman–Crippen MR) is 46.3 cm³/mol. The molecule has 0 aromatic heterocycles. The number of carbonyl (C=O) groups excluding carboxylic acids is 1. The monoisotopic (exact) mass is 220 g/mol. The first-order valence-electron chi connectivity index (χ1n) is 4.12. The maximum absolute atomic E-state index is 13.3. The number of halogens is 4. The average molecular weight is 220 g/mol. The largest absolute Gasteiger partial charge is 0.454 e. The molecule has 1 rings (SSSR count). The molecule has 0 heterocycles. The summed E-state index contributed by atoms with van der Waals surface area (Å²) >= 11 is 0. The Bertz CT molecular complexity index is 407. The van der Waals surface area contributed by atoms with Gasteiger partial charge in [0, 0.05) is 0 Å². The fourth-order valence-corrected chi connectivity index (χ4v) is 1.11. The van der Waals surface area contributed by atoms with Crippen molar-refractivity contribution in [3.05, 3.63) is 34.6 Å². The van der Waals surface area contributed by atoms with Crippen LogP contribution in [0.1, 0.15) is 21.5 Å². The second-order valence-corrected chi connectivity index (χ2v) is 3.20. The zero-order chi connectivity index (χ0) is 11.8. The van der Waals surface area contributed by atoms with Crippen LogP contribution in [-0.4, -0.2) is 12.0 Å². The molecule has 0 N–H and O–H groups in total. The van der Waals surface area contributed by atoms with Gasteiger partial charge in [-0.15, -0.1) is 0 Å². The fraction of sp³-hybridized carbons (Fsp3) is 0.300. The number of ketones is 1. The van der Waals surface area contributed by atoms with E-state index in [2.05, 4.69) is 0 Å².